The molecule has 29 heavy (non-hydrogen) atoms. The third kappa shape index (κ3) is 3.98. The van der Waals surface area contributed by atoms with Gasteiger partial charge in [-0.2, -0.15) is 0 Å². The van der Waals surface area contributed by atoms with E-state index in [-0.39, 0.29) is 31.0 Å². The summed E-state index contributed by atoms with van der Waals surface area (Å²) in [5, 5.41) is 2.27. The number of anilines is 1. The van der Waals surface area contributed by atoms with E-state index in [9.17, 15) is 22.4 Å². The zero-order valence-electron chi connectivity index (χ0n) is 15.0. The predicted octanol–water partition coefficient (Wildman–Crippen LogP) is 3.08. The van der Waals surface area contributed by atoms with Gasteiger partial charge in [0.05, 0.1) is 18.2 Å². The second-order valence-electron chi connectivity index (χ2n) is 5.76. The highest BCUT2D eigenvalue weighted by molar-refractivity contribution is 7.93. The van der Waals surface area contributed by atoms with Crippen LogP contribution in [0.25, 0.3) is 0 Å². The molecule has 0 radical (unpaired) electrons. The molecule has 3 rings (SSSR count). The maximum absolute atomic E-state index is 13.8. The molecule has 0 saturated carbocycles. The van der Waals surface area contributed by atoms with Gasteiger partial charge in [0.2, 0.25) is 9.84 Å². The highest BCUT2D eigenvalue weighted by atomic mass is 32.2. The molecule has 2 amide bonds. The van der Waals surface area contributed by atoms with Crippen LogP contribution in [0, 0.1) is 5.82 Å². The lowest BCUT2D eigenvalue weighted by molar-refractivity contribution is 0.100. The van der Waals surface area contributed by atoms with E-state index < -0.39 is 27.5 Å². The molecule has 10 heteroatoms. The van der Waals surface area contributed by atoms with Crippen LogP contribution >= 0.6 is 11.3 Å². The van der Waals surface area contributed by atoms with E-state index in [4.69, 9.17) is 10.5 Å². The molecule has 1 aromatic heterocycles. The highest BCUT2D eigenvalue weighted by Gasteiger charge is 2.28. The minimum atomic E-state index is -4.07. The molecule has 0 aliphatic rings. The first-order valence-electron chi connectivity index (χ1n) is 8.13. The summed E-state index contributed by atoms with van der Waals surface area (Å²) in [7, 11) is -2.73. The van der Waals surface area contributed by atoms with Gasteiger partial charge in [-0.3, -0.25) is 9.59 Å². The third-order valence-electron chi connectivity index (χ3n) is 3.94. The topological polar surface area (TPSA) is 116 Å². The number of benzene rings is 2. The lowest BCUT2D eigenvalue weighted by Gasteiger charge is -2.07. The first-order chi connectivity index (χ1) is 13.8. The van der Waals surface area contributed by atoms with Crippen molar-refractivity contribution in [1.82, 2.24) is 0 Å². The van der Waals surface area contributed by atoms with Crippen LogP contribution in [0.4, 0.5) is 9.39 Å². The Morgan fingerprint density at radius 3 is 2.38 bits per heavy atom. The van der Waals surface area contributed by atoms with Gasteiger partial charge in [-0.1, -0.05) is 24.3 Å². The number of hydrogen-bond donors (Lipinski definition) is 2. The van der Waals surface area contributed by atoms with Gasteiger partial charge >= 0.3 is 0 Å². The largest absolute Gasteiger partial charge is 0.495 e. The molecule has 0 bridgehead atoms. The number of nitrogens with two attached hydrogens (primary N) is 1. The number of hydrogen-bond acceptors (Lipinski definition) is 6. The van der Waals surface area contributed by atoms with Crippen LogP contribution in [-0.4, -0.2) is 27.3 Å². The van der Waals surface area contributed by atoms with Crippen LogP contribution in [0.5, 0.6) is 5.75 Å². The number of ether oxygens (including phenoxy) is 1. The van der Waals surface area contributed by atoms with E-state index >= 15 is 0 Å². The Morgan fingerprint density at radius 2 is 1.72 bits per heavy atom. The number of para-hydroxylation sites is 1. The summed E-state index contributed by atoms with van der Waals surface area (Å²) < 4.78 is 44.7. The van der Waals surface area contributed by atoms with Gasteiger partial charge < -0.3 is 15.8 Å². The normalized spacial score (nSPS) is 11.1. The number of carbonyl (C=O) groups is 2. The average molecular weight is 434 g/mol. The Bertz CT molecular complexity index is 1200. The predicted molar refractivity (Wildman–Crippen MR) is 106 cm³/mol. The fraction of sp³-hybridized carbons (Fsp3) is 0.0526. The molecule has 3 aromatic rings. The number of methoxy groups -OCH3 is 1. The van der Waals surface area contributed by atoms with E-state index in [1.807, 2.05) is 0 Å². The van der Waals surface area contributed by atoms with Gasteiger partial charge in [-0.25, -0.2) is 12.8 Å². The lowest BCUT2D eigenvalue weighted by atomic mass is 10.2. The smallest absolute Gasteiger partial charge is 0.259 e. The van der Waals surface area contributed by atoms with Gasteiger partial charge in [-0.05, 0) is 30.3 Å². The first kappa shape index (κ1) is 20.5. The summed E-state index contributed by atoms with van der Waals surface area (Å²) in [4.78, 5) is 24.1. The molecule has 0 fully saturated rings. The van der Waals surface area contributed by atoms with E-state index in [1.54, 1.807) is 6.07 Å². The van der Waals surface area contributed by atoms with Crippen molar-refractivity contribution in [2.24, 2.45) is 5.73 Å². The Balaban J connectivity index is 2.04. The van der Waals surface area contributed by atoms with Gasteiger partial charge in [0.25, 0.3) is 11.8 Å². The molecule has 2 aromatic carbocycles. The maximum Gasteiger partial charge on any atom is 0.259 e. The van der Waals surface area contributed by atoms with E-state index in [0.29, 0.717) is 11.3 Å². The van der Waals surface area contributed by atoms with Crippen molar-refractivity contribution in [3.8, 4) is 5.75 Å². The molecule has 7 nitrogen and oxygen atoms in total. The van der Waals surface area contributed by atoms with Crippen molar-refractivity contribution >= 4 is 38.0 Å². The van der Waals surface area contributed by atoms with E-state index in [0.717, 1.165) is 12.1 Å². The zero-order chi connectivity index (χ0) is 21.2. The van der Waals surface area contributed by atoms with Crippen LogP contribution in [0.1, 0.15) is 20.7 Å². The number of carbonyl (C=O) groups excluding carboxylic acids is 2. The molecule has 0 spiro atoms. The zero-order valence-corrected chi connectivity index (χ0v) is 16.6. The Hall–Kier alpha value is -3.24. The molecule has 0 saturated heterocycles. The highest BCUT2D eigenvalue weighted by Crippen LogP contribution is 2.37. The number of sulfone groups is 1. The fourth-order valence-corrected chi connectivity index (χ4v) is 5.45. The van der Waals surface area contributed by atoms with Crippen LogP contribution < -0.4 is 15.8 Å². The Morgan fingerprint density at radius 1 is 1.07 bits per heavy atom. The number of thiophene rings is 1. The monoisotopic (exact) mass is 434 g/mol. The molecule has 0 unspecified atom stereocenters. The maximum atomic E-state index is 13.8. The number of nitrogens with one attached hydrogen (secondary N) is 1. The summed E-state index contributed by atoms with van der Waals surface area (Å²) in [6.07, 6.45) is 0. The summed E-state index contributed by atoms with van der Waals surface area (Å²) in [5.41, 5.74) is 4.87. The standard InChI is InChI=1S/C19H15FN2O5S2/c1-27-14-8-4-5-9-15(14)29(25,26)16-10-12(17(21)23)19(28-16)22-18(24)11-6-2-3-7-13(11)20/h2-10H,1H3,(H2,21,23)(H,22,24). The van der Waals surface area contributed by atoms with Crippen LogP contribution in [0.2, 0.25) is 0 Å². The summed E-state index contributed by atoms with van der Waals surface area (Å²) in [6.45, 7) is 0. The molecule has 0 aliphatic heterocycles. The minimum absolute atomic E-state index is 0.0979. The average Bonchev–Trinajstić information content (AvgIpc) is 3.13. The lowest BCUT2D eigenvalue weighted by Crippen LogP contribution is -2.17. The van der Waals surface area contributed by atoms with Crippen molar-refractivity contribution in [2.45, 2.75) is 9.10 Å². The molecule has 150 valence electrons. The quantitative estimate of drug-likeness (QED) is 0.619. The SMILES string of the molecule is COc1ccccc1S(=O)(=O)c1cc(C(N)=O)c(NC(=O)c2ccccc2F)s1. The Labute approximate surface area is 169 Å². The minimum Gasteiger partial charge on any atom is -0.495 e. The summed E-state index contributed by atoms with van der Waals surface area (Å²) in [6, 6.07) is 12.3. The van der Waals surface area contributed by atoms with Crippen molar-refractivity contribution in [1.29, 1.82) is 0 Å². The van der Waals surface area contributed by atoms with Gasteiger partial charge in [0.15, 0.2) is 0 Å². The van der Waals surface area contributed by atoms with Crippen LogP contribution in [0.3, 0.4) is 0 Å². The first-order valence-corrected chi connectivity index (χ1v) is 10.4. The van der Waals surface area contributed by atoms with Crippen molar-refractivity contribution in [2.75, 3.05) is 12.4 Å². The Kier molecular flexibility index (Phi) is 5.66. The molecular formula is C19H15FN2O5S2. The van der Waals surface area contributed by atoms with Gasteiger partial charge in [-0.15, -0.1) is 11.3 Å². The van der Waals surface area contributed by atoms with E-state index in [1.165, 1.54) is 43.5 Å². The van der Waals surface area contributed by atoms with Crippen LogP contribution in [-0.2, 0) is 9.84 Å². The van der Waals surface area contributed by atoms with Crippen LogP contribution in [0.15, 0.2) is 63.7 Å². The van der Waals surface area contributed by atoms with Gasteiger partial charge in [0.1, 0.15) is 25.7 Å². The second kappa shape index (κ2) is 8.02. The number of halogens is 1. The van der Waals surface area contributed by atoms with Gasteiger partial charge in [0, 0.05) is 0 Å². The number of rotatable bonds is 6. The molecule has 3 N–H and O–H groups in total. The van der Waals surface area contributed by atoms with Crippen molar-refractivity contribution in [3.05, 3.63) is 71.5 Å². The molecule has 0 aliphatic carbocycles. The number of primary amides is 1. The molecular weight excluding hydrogens is 419 g/mol. The second-order valence-corrected chi connectivity index (χ2v) is 8.96. The van der Waals surface area contributed by atoms with Crippen molar-refractivity contribution < 1.29 is 27.1 Å². The third-order valence-corrected chi connectivity index (χ3v) is 7.26. The van der Waals surface area contributed by atoms with E-state index in [2.05, 4.69) is 5.32 Å². The fourth-order valence-electron chi connectivity index (χ4n) is 2.54. The molecule has 0 atom stereocenters. The summed E-state index contributed by atoms with van der Waals surface area (Å²) >= 11 is 0.639. The summed E-state index contributed by atoms with van der Waals surface area (Å²) in [5.74, 6) is -2.41. The van der Waals surface area contributed by atoms with Crippen molar-refractivity contribution in [3.63, 3.8) is 0 Å². The molecule has 1 heterocycles. The number of amides is 2.